The summed E-state index contributed by atoms with van der Waals surface area (Å²) in [6.45, 7) is 5.75. The fourth-order valence-corrected chi connectivity index (χ4v) is 2.57. The second kappa shape index (κ2) is 5.98. The van der Waals surface area contributed by atoms with Crippen LogP contribution in [0.3, 0.4) is 0 Å². The molecule has 2 saturated heterocycles. The van der Waals surface area contributed by atoms with Gasteiger partial charge in [0.25, 0.3) is 0 Å². The summed E-state index contributed by atoms with van der Waals surface area (Å²) in [5.74, 6) is 0.941. The number of rotatable bonds is 2. The highest BCUT2D eigenvalue weighted by molar-refractivity contribution is 6.28. The summed E-state index contributed by atoms with van der Waals surface area (Å²) < 4.78 is 5.32. The van der Waals surface area contributed by atoms with E-state index in [1.165, 1.54) is 0 Å². The molecular formula is C12H17ClN6O2. The van der Waals surface area contributed by atoms with Crippen molar-refractivity contribution in [2.45, 2.75) is 13.0 Å². The monoisotopic (exact) mass is 312 g/mol. The third-order valence-corrected chi connectivity index (χ3v) is 3.80. The van der Waals surface area contributed by atoms with Gasteiger partial charge in [0.15, 0.2) is 0 Å². The van der Waals surface area contributed by atoms with Gasteiger partial charge < -0.3 is 19.9 Å². The van der Waals surface area contributed by atoms with Crippen molar-refractivity contribution in [2.75, 3.05) is 49.2 Å². The smallest absolute Gasteiger partial charge is 0.242 e. The first kappa shape index (κ1) is 14.3. The zero-order chi connectivity index (χ0) is 14.8. The van der Waals surface area contributed by atoms with Crippen molar-refractivity contribution in [1.29, 1.82) is 0 Å². The lowest BCUT2D eigenvalue weighted by Gasteiger charge is -2.33. The highest BCUT2D eigenvalue weighted by Crippen LogP contribution is 2.20. The van der Waals surface area contributed by atoms with E-state index in [4.69, 9.17) is 16.3 Å². The second-order valence-corrected chi connectivity index (χ2v) is 5.30. The van der Waals surface area contributed by atoms with Crippen molar-refractivity contribution in [1.82, 2.24) is 20.3 Å². The maximum atomic E-state index is 11.8. The van der Waals surface area contributed by atoms with Crippen LogP contribution >= 0.6 is 11.6 Å². The molecule has 1 atom stereocenters. The van der Waals surface area contributed by atoms with Gasteiger partial charge in [0.05, 0.1) is 13.2 Å². The minimum atomic E-state index is -0.324. The minimum Gasteiger partial charge on any atom is -0.378 e. The molecule has 3 heterocycles. The molecule has 114 valence electrons. The number of hydrogen-bond acceptors (Lipinski definition) is 7. The number of nitrogens with zero attached hydrogens (tertiary/aromatic N) is 5. The molecule has 21 heavy (non-hydrogen) atoms. The third-order valence-electron chi connectivity index (χ3n) is 3.63. The van der Waals surface area contributed by atoms with Crippen LogP contribution in [0.15, 0.2) is 0 Å². The minimum absolute atomic E-state index is 0.0364. The largest absolute Gasteiger partial charge is 0.378 e. The predicted octanol–water partition coefficient (Wildman–Crippen LogP) is -0.314. The van der Waals surface area contributed by atoms with Gasteiger partial charge in [0.2, 0.25) is 23.1 Å². The van der Waals surface area contributed by atoms with E-state index in [-0.39, 0.29) is 17.2 Å². The molecule has 1 aromatic heterocycles. The first-order valence-corrected chi connectivity index (χ1v) is 7.31. The summed E-state index contributed by atoms with van der Waals surface area (Å²) in [6.07, 6.45) is 0. The van der Waals surface area contributed by atoms with Crippen molar-refractivity contribution >= 4 is 29.4 Å². The van der Waals surface area contributed by atoms with Crippen molar-refractivity contribution < 1.29 is 9.53 Å². The van der Waals surface area contributed by atoms with Crippen LogP contribution in [0.2, 0.25) is 5.28 Å². The quantitative estimate of drug-likeness (QED) is 0.801. The van der Waals surface area contributed by atoms with Gasteiger partial charge in [-0.2, -0.15) is 15.0 Å². The van der Waals surface area contributed by atoms with Gasteiger partial charge in [-0.3, -0.25) is 4.79 Å². The number of anilines is 2. The summed E-state index contributed by atoms with van der Waals surface area (Å²) in [4.78, 5) is 28.4. The molecule has 1 N–H and O–H groups in total. The van der Waals surface area contributed by atoms with Gasteiger partial charge in [-0.15, -0.1) is 0 Å². The lowest BCUT2D eigenvalue weighted by atomic mass is 10.2. The second-order valence-electron chi connectivity index (χ2n) is 4.96. The van der Waals surface area contributed by atoms with Crippen LogP contribution in [0.5, 0.6) is 0 Å². The van der Waals surface area contributed by atoms with E-state index in [0.29, 0.717) is 38.2 Å². The zero-order valence-corrected chi connectivity index (χ0v) is 12.5. The van der Waals surface area contributed by atoms with Crippen LogP contribution in [0.4, 0.5) is 11.9 Å². The maximum Gasteiger partial charge on any atom is 0.242 e. The Bertz CT molecular complexity index is 536. The lowest BCUT2D eigenvalue weighted by Crippen LogP contribution is -2.54. The average molecular weight is 313 g/mol. The van der Waals surface area contributed by atoms with Crippen LogP contribution in [0.1, 0.15) is 6.92 Å². The molecule has 9 heteroatoms. The molecule has 0 aliphatic carbocycles. The van der Waals surface area contributed by atoms with Crippen LogP contribution < -0.4 is 15.1 Å². The number of amides is 1. The Kier molecular flexibility index (Phi) is 4.07. The Morgan fingerprint density at radius 3 is 2.67 bits per heavy atom. The number of carbonyl (C=O) groups excluding carboxylic acids is 1. The topological polar surface area (TPSA) is 83.5 Å². The highest BCUT2D eigenvalue weighted by Gasteiger charge is 2.28. The van der Waals surface area contributed by atoms with E-state index in [9.17, 15) is 4.79 Å². The van der Waals surface area contributed by atoms with Crippen molar-refractivity contribution in [3.05, 3.63) is 5.28 Å². The van der Waals surface area contributed by atoms with Gasteiger partial charge in [-0.25, -0.2) is 0 Å². The van der Waals surface area contributed by atoms with Crippen molar-refractivity contribution in [3.8, 4) is 0 Å². The number of piperazine rings is 1. The van der Waals surface area contributed by atoms with Gasteiger partial charge >= 0.3 is 0 Å². The Morgan fingerprint density at radius 1 is 1.19 bits per heavy atom. The summed E-state index contributed by atoms with van der Waals surface area (Å²) in [6, 6.07) is -0.324. The molecule has 0 bridgehead atoms. The van der Waals surface area contributed by atoms with E-state index in [1.807, 2.05) is 16.7 Å². The van der Waals surface area contributed by atoms with Crippen LogP contribution in [0.25, 0.3) is 0 Å². The molecular weight excluding hydrogens is 296 g/mol. The van der Waals surface area contributed by atoms with Crippen molar-refractivity contribution in [2.24, 2.45) is 0 Å². The molecule has 2 aliphatic heterocycles. The number of ether oxygens (including phenoxy) is 1. The van der Waals surface area contributed by atoms with Crippen LogP contribution in [0, 0.1) is 0 Å². The van der Waals surface area contributed by atoms with Gasteiger partial charge in [0, 0.05) is 26.2 Å². The Hall–Kier alpha value is -1.67. The fraction of sp³-hybridized carbons (Fsp3) is 0.667. The standard InChI is InChI=1S/C12H17ClN6O2/c1-8-9(20)14-2-3-19(8)12-16-10(13)15-11(17-12)18-4-6-21-7-5-18/h8H,2-7H2,1H3,(H,14,20). The fourth-order valence-electron chi connectivity index (χ4n) is 2.42. The maximum absolute atomic E-state index is 11.8. The highest BCUT2D eigenvalue weighted by atomic mass is 35.5. The Balaban J connectivity index is 1.88. The van der Waals surface area contributed by atoms with Crippen LogP contribution in [-0.4, -0.2) is 66.3 Å². The lowest BCUT2D eigenvalue weighted by molar-refractivity contribution is -0.122. The molecule has 3 rings (SSSR count). The normalized spacial score (nSPS) is 23.1. The number of halogens is 1. The van der Waals surface area contributed by atoms with E-state index >= 15 is 0 Å². The van der Waals surface area contributed by atoms with Gasteiger partial charge in [-0.1, -0.05) is 0 Å². The molecule has 1 unspecified atom stereocenters. The molecule has 2 fully saturated rings. The number of carbonyl (C=O) groups is 1. The first-order valence-electron chi connectivity index (χ1n) is 6.94. The summed E-state index contributed by atoms with van der Waals surface area (Å²) in [7, 11) is 0. The van der Waals surface area contributed by atoms with Gasteiger partial charge in [0.1, 0.15) is 6.04 Å². The van der Waals surface area contributed by atoms with E-state index in [1.54, 1.807) is 0 Å². The SMILES string of the molecule is CC1C(=O)NCCN1c1nc(Cl)nc(N2CCOCC2)n1. The van der Waals surface area contributed by atoms with E-state index < -0.39 is 0 Å². The van der Waals surface area contributed by atoms with E-state index in [2.05, 4.69) is 20.3 Å². The molecule has 8 nitrogen and oxygen atoms in total. The molecule has 1 amide bonds. The zero-order valence-electron chi connectivity index (χ0n) is 11.8. The number of aromatic nitrogens is 3. The number of morpholine rings is 1. The van der Waals surface area contributed by atoms with Crippen LogP contribution in [-0.2, 0) is 9.53 Å². The first-order chi connectivity index (χ1) is 10.1. The van der Waals surface area contributed by atoms with Crippen molar-refractivity contribution in [3.63, 3.8) is 0 Å². The summed E-state index contributed by atoms with van der Waals surface area (Å²) >= 11 is 6.03. The number of nitrogens with one attached hydrogen (secondary N) is 1. The van der Waals surface area contributed by atoms with E-state index in [0.717, 1.165) is 13.1 Å². The molecule has 0 spiro atoms. The molecule has 0 aromatic carbocycles. The average Bonchev–Trinajstić information content (AvgIpc) is 2.50. The third kappa shape index (κ3) is 3.01. The summed E-state index contributed by atoms with van der Waals surface area (Å²) in [5.41, 5.74) is 0. The Morgan fingerprint density at radius 2 is 1.90 bits per heavy atom. The molecule has 1 aromatic rings. The predicted molar refractivity (Wildman–Crippen MR) is 77.7 cm³/mol. The Labute approximate surface area is 127 Å². The molecule has 0 radical (unpaired) electrons. The number of hydrogen-bond donors (Lipinski definition) is 1. The summed E-state index contributed by atoms with van der Waals surface area (Å²) in [5, 5.41) is 2.95. The molecule has 0 saturated carbocycles. The van der Waals surface area contributed by atoms with Gasteiger partial charge in [-0.05, 0) is 18.5 Å². The molecule has 2 aliphatic rings.